The maximum atomic E-state index is 13.9. The van der Waals surface area contributed by atoms with E-state index in [1.54, 1.807) is 23.5 Å². The molecule has 0 bridgehead atoms. The first-order valence-electron chi connectivity index (χ1n) is 9.07. The van der Waals surface area contributed by atoms with Crippen LogP contribution in [0.25, 0.3) is 0 Å². The molecule has 3 rings (SSSR count). The minimum atomic E-state index is -0.203. The number of aromatic nitrogens is 1. The highest BCUT2D eigenvalue weighted by atomic mass is 32.1. The number of carbonyl (C=O) groups is 1. The first kappa shape index (κ1) is 18.8. The molecule has 0 unspecified atom stereocenters. The monoisotopic (exact) mass is 375 g/mol. The van der Waals surface area contributed by atoms with E-state index in [4.69, 9.17) is 0 Å². The number of aryl methyl sites for hydroxylation is 1. The Hall–Kier alpha value is -1.95. The lowest BCUT2D eigenvalue weighted by molar-refractivity contribution is -0.131. The molecule has 0 N–H and O–H groups in total. The van der Waals surface area contributed by atoms with Crippen molar-refractivity contribution < 1.29 is 9.18 Å². The van der Waals surface area contributed by atoms with E-state index in [1.165, 1.54) is 6.07 Å². The van der Waals surface area contributed by atoms with Crippen molar-refractivity contribution >= 4 is 22.9 Å². The predicted octanol–water partition coefficient (Wildman–Crippen LogP) is 3.86. The number of benzene rings is 1. The average Bonchev–Trinajstić information content (AvgIpc) is 3.10. The molecule has 2 aromatic rings. The topological polar surface area (TPSA) is 36.4 Å². The maximum Gasteiger partial charge on any atom is 0.223 e. The molecular formula is C20H26FN3OS. The van der Waals surface area contributed by atoms with Crippen molar-refractivity contribution in [1.29, 1.82) is 0 Å². The standard InChI is InChI=1S/C20H26FN3OS/c1-20(2,3)17-14-26-18(22-17)8-9-19(25)24-12-10-23(11-13-24)16-7-5-4-6-15(16)21/h4-7,14H,8-13H2,1-3H3. The number of thiazole rings is 1. The van der Waals surface area contributed by atoms with Gasteiger partial charge in [-0.05, 0) is 12.1 Å². The Bertz CT molecular complexity index is 760. The van der Waals surface area contributed by atoms with Crippen molar-refractivity contribution in [3.05, 3.63) is 46.2 Å². The molecule has 26 heavy (non-hydrogen) atoms. The van der Waals surface area contributed by atoms with Crippen LogP contribution in [0.3, 0.4) is 0 Å². The van der Waals surface area contributed by atoms with Gasteiger partial charge in [0.25, 0.3) is 0 Å². The molecule has 1 aliphatic heterocycles. The van der Waals surface area contributed by atoms with Gasteiger partial charge in [-0.2, -0.15) is 0 Å². The molecule has 4 nitrogen and oxygen atoms in total. The second-order valence-corrected chi connectivity index (χ2v) is 8.64. The molecule has 1 fully saturated rings. The van der Waals surface area contributed by atoms with Crippen molar-refractivity contribution in [1.82, 2.24) is 9.88 Å². The summed E-state index contributed by atoms with van der Waals surface area (Å²) in [4.78, 5) is 21.0. The third kappa shape index (κ3) is 4.41. The molecule has 0 spiro atoms. The summed E-state index contributed by atoms with van der Waals surface area (Å²) in [5, 5.41) is 3.11. The van der Waals surface area contributed by atoms with Crippen LogP contribution in [0.2, 0.25) is 0 Å². The zero-order valence-electron chi connectivity index (χ0n) is 15.7. The number of amides is 1. The van der Waals surface area contributed by atoms with Gasteiger partial charge in [0.05, 0.1) is 16.4 Å². The fraction of sp³-hybridized carbons (Fsp3) is 0.500. The van der Waals surface area contributed by atoms with E-state index in [-0.39, 0.29) is 17.1 Å². The summed E-state index contributed by atoms with van der Waals surface area (Å²) in [6.07, 6.45) is 1.17. The van der Waals surface area contributed by atoms with Crippen LogP contribution < -0.4 is 4.90 Å². The van der Waals surface area contributed by atoms with E-state index in [0.717, 1.165) is 10.7 Å². The molecule has 0 aliphatic carbocycles. The van der Waals surface area contributed by atoms with Crippen molar-refractivity contribution in [2.45, 2.75) is 39.0 Å². The van der Waals surface area contributed by atoms with Crippen LogP contribution in [-0.4, -0.2) is 42.0 Å². The van der Waals surface area contributed by atoms with E-state index >= 15 is 0 Å². The third-order valence-corrected chi connectivity index (χ3v) is 5.61. The third-order valence-electron chi connectivity index (χ3n) is 4.70. The summed E-state index contributed by atoms with van der Waals surface area (Å²) < 4.78 is 13.9. The molecule has 2 heterocycles. The zero-order valence-corrected chi connectivity index (χ0v) is 16.5. The lowest BCUT2D eigenvalue weighted by Gasteiger charge is -2.36. The minimum absolute atomic E-state index is 0.0435. The summed E-state index contributed by atoms with van der Waals surface area (Å²) in [7, 11) is 0. The van der Waals surface area contributed by atoms with Gasteiger partial charge in [-0.25, -0.2) is 9.37 Å². The van der Waals surface area contributed by atoms with E-state index < -0.39 is 0 Å². The molecular weight excluding hydrogens is 349 g/mol. The Kier molecular flexibility index (Phi) is 5.61. The molecule has 1 amide bonds. The number of halogens is 1. The number of para-hydroxylation sites is 1. The smallest absolute Gasteiger partial charge is 0.223 e. The second-order valence-electron chi connectivity index (χ2n) is 7.70. The van der Waals surface area contributed by atoms with Gasteiger partial charge in [0, 0.05) is 49.8 Å². The first-order chi connectivity index (χ1) is 12.3. The molecule has 140 valence electrons. The van der Waals surface area contributed by atoms with Gasteiger partial charge in [0.1, 0.15) is 5.82 Å². The molecule has 0 saturated carbocycles. The van der Waals surface area contributed by atoms with Crippen molar-refractivity contribution in [2.75, 3.05) is 31.1 Å². The predicted molar refractivity (Wildman–Crippen MR) is 104 cm³/mol. The molecule has 0 atom stereocenters. The fourth-order valence-corrected chi connectivity index (χ4v) is 4.07. The highest BCUT2D eigenvalue weighted by Crippen LogP contribution is 2.25. The van der Waals surface area contributed by atoms with Crippen LogP contribution >= 0.6 is 11.3 Å². The number of nitrogens with zero attached hydrogens (tertiary/aromatic N) is 3. The Balaban J connectivity index is 1.50. The van der Waals surface area contributed by atoms with Gasteiger partial charge in [-0.15, -0.1) is 11.3 Å². The van der Waals surface area contributed by atoms with E-state index in [9.17, 15) is 9.18 Å². The van der Waals surface area contributed by atoms with E-state index in [1.807, 2.05) is 15.9 Å². The molecule has 1 saturated heterocycles. The number of rotatable bonds is 4. The molecule has 1 aromatic heterocycles. The van der Waals surface area contributed by atoms with Crippen LogP contribution in [0, 0.1) is 5.82 Å². The lowest BCUT2D eigenvalue weighted by Crippen LogP contribution is -2.49. The van der Waals surface area contributed by atoms with Gasteiger partial charge in [-0.1, -0.05) is 32.9 Å². The van der Waals surface area contributed by atoms with Gasteiger partial charge in [0.2, 0.25) is 5.91 Å². The number of anilines is 1. The Morgan fingerprint density at radius 2 is 1.88 bits per heavy atom. The van der Waals surface area contributed by atoms with Crippen LogP contribution in [0.4, 0.5) is 10.1 Å². The molecule has 1 aromatic carbocycles. The molecule has 0 radical (unpaired) electrons. The minimum Gasteiger partial charge on any atom is -0.366 e. The van der Waals surface area contributed by atoms with Gasteiger partial charge in [-0.3, -0.25) is 4.79 Å². The largest absolute Gasteiger partial charge is 0.366 e. The van der Waals surface area contributed by atoms with E-state index in [0.29, 0.717) is 44.7 Å². The zero-order chi connectivity index (χ0) is 18.7. The van der Waals surface area contributed by atoms with Crippen molar-refractivity contribution in [2.24, 2.45) is 0 Å². The molecule has 6 heteroatoms. The highest BCUT2D eigenvalue weighted by molar-refractivity contribution is 7.09. The Morgan fingerprint density at radius 1 is 1.19 bits per heavy atom. The summed E-state index contributed by atoms with van der Waals surface area (Å²) in [6, 6.07) is 6.81. The SMILES string of the molecule is CC(C)(C)c1csc(CCC(=O)N2CCN(c3ccccc3F)CC2)n1. The number of piperazine rings is 1. The average molecular weight is 376 g/mol. The number of hydrogen-bond acceptors (Lipinski definition) is 4. The summed E-state index contributed by atoms with van der Waals surface area (Å²) in [5.41, 5.74) is 1.75. The van der Waals surface area contributed by atoms with Gasteiger partial charge < -0.3 is 9.80 Å². The Morgan fingerprint density at radius 3 is 2.50 bits per heavy atom. The van der Waals surface area contributed by atoms with Crippen LogP contribution in [0.15, 0.2) is 29.6 Å². The van der Waals surface area contributed by atoms with Gasteiger partial charge >= 0.3 is 0 Å². The van der Waals surface area contributed by atoms with Crippen molar-refractivity contribution in [3.8, 4) is 0 Å². The summed E-state index contributed by atoms with van der Waals surface area (Å²) in [6.45, 7) is 9.04. The van der Waals surface area contributed by atoms with Crippen LogP contribution in [0.1, 0.15) is 37.9 Å². The quantitative estimate of drug-likeness (QED) is 0.814. The van der Waals surface area contributed by atoms with Crippen molar-refractivity contribution in [3.63, 3.8) is 0 Å². The maximum absolute atomic E-state index is 13.9. The van der Waals surface area contributed by atoms with Crippen LogP contribution in [-0.2, 0) is 16.6 Å². The van der Waals surface area contributed by atoms with E-state index in [2.05, 4.69) is 31.1 Å². The molecule has 1 aliphatic rings. The number of carbonyl (C=O) groups excluding carboxylic acids is 1. The highest BCUT2D eigenvalue weighted by Gasteiger charge is 2.23. The second kappa shape index (κ2) is 7.74. The summed E-state index contributed by atoms with van der Waals surface area (Å²) in [5.74, 6) is -0.0450. The first-order valence-corrected chi connectivity index (χ1v) is 9.95. The fourth-order valence-electron chi connectivity index (χ4n) is 3.05. The number of hydrogen-bond donors (Lipinski definition) is 0. The lowest BCUT2D eigenvalue weighted by atomic mass is 9.93. The normalized spacial score (nSPS) is 15.4. The summed E-state index contributed by atoms with van der Waals surface area (Å²) >= 11 is 1.63. The van der Waals surface area contributed by atoms with Crippen LogP contribution in [0.5, 0.6) is 0 Å². The Labute approximate surface area is 158 Å². The van der Waals surface area contributed by atoms with Gasteiger partial charge in [0.15, 0.2) is 0 Å².